The number of hydrogen-bond donors (Lipinski definition) is 0. The van der Waals surface area contributed by atoms with Crippen molar-refractivity contribution in [1.29, 1.82) is 0 Å². The topological polar surface area (TPSA) is 43.4 Å². The van der Waals surface area contributed by atoms with Gasteiger partial charge in [0.1, 0.15) is 11.5 Å². The molecule has 0 amide bonds. The Morgan fingerprint density at radius 1 is 0.684 bits per heavy atom. The van der Waals surface area contributed by atoms with Crippen LogP contribution in [0.5, 0.6) is 11.5 Å². The predicted molar refractivity (Wildman–Crippen MR) is 79.5 cm³/mol. The van der Waals surface area contributed by atoms with E-state index in [1.807, 2.05) is 0 Å². The van der Waals surface area contributed by atoms with Gasteiger partial charge in [-0.2, -0.15) is 0 Å². The van der Waals surface area contributed by atoms with Crippen molar-refractivity contribution in [3.8, 4) is 11.5 Å². The van der Waals surface area contributed by atoms with Crippen molar-refractivity contribution in [1.82, 2.24) is 0 Å². The van der Waals surface area contributed by atoms with Gasteiger partial charge in [0, 0.05) is 11.1 Å². The van der Waals surface area contributed by atoms with Gasteiger partial charge < -0.3 is 4.74 Å². The predicted octanol–water partition coefficient (Wildman–Crippen LogP) is 4.55. The molecular weight excluding hydrogens is 376 g/mol. The summed E-state index contributed by atoms with van der Waals surface area (Å²) in [6, 6.07) is 13.5. The fourth-order valence-corrected chi connectivity index (χ4v) is 1.97. The van der Waals surface area contributed by atoms with Crippen molar-refractivity contribution in [3.63, 3.8) is 0 Å². The minimum Gasteiger partial charge on any atom is -0.457 e. The van der Waals surface area contributed by atoms with Gasteiger partial charge in [0.25, 0.3) is 0 Å². The first-order chi connectivity index (χ1) is 9.06. The Labute approximate surface area is 126 Å². The zero-order valence-electron chi connectivity index (χ0n) is 9.60. The molecule has 0 heterocycles. The van der Waals surface area contributed by atoms with E-state index >= 15 is 0 Å². The highest BCUT2D eigenvalue weighted by atomic mass is 79.9. The Morgan fingerprint density at radius 2 is 1.00 bits per heavy atom. The first kappa shape index (κ1) is 14.0. The van der Waals surface area contributed by atoms with E-state index in [-0.39, 0.29) is 9.39 Å². The van der Waals surface area contributed by atoms with E-state index < -0.39 is 0 Å². The summed E-state index contributed by atoms with van der Waals surface area (Å²) in [6.07, 6.45) is 0. The Balaban J connectivity index is 2.12. The molecule has 0 radical (unpaired) electrons. The van der Waals surface area contributed by atoms with Crippen LogP contribution in [0.3, 0.4) is 0 Å². The van der Waals surface area contributed by atoms with Crippen molar-refractivity contribution in [2.75, 3.05) is 0 Å². The van der Waals surface area contributed by atoms with Crippen molar-refractivity contribution in [2.24, 2.45) is 0 Å². The van der Waals surface area contributed by atoms with Crippen molar-refractivity contribution >= 4 is 41.2 Å². The molecule has 0 aliphatic heterocycles. The van der Waals surface area contributed by atoms with E-state index in [4.69, 9.17) is 4.74 Å². The molecule has 2 aromatic rings. The molecule has 19 heavy (non-hydrogen) atoms. The molecule has 0 bridgehead atoms. The van der Waals surface area contributed by atoms with E-state index in [9.17, 15) is 9.59 Å². The fraction of sp³-hybridized carbons (Fsp3) is 0. The first-order valence-electron chi connectivity index (χ1n) is 5.34. The Morgan fingerprint density at radius 3 is 1.26 bits per heavy atom. The number of rotatable bonds is 4. The highest BCUT2D eigenvalue weighted by Crippen LogP contribution is 2.23. The molecule has 0 atom stereocenters. The van der Waals surface area contributed by atoms with E-state index in [0.717, 1.165) is 0 Å². The van der Waals surface area contributed by atoms with Crippen LogP contribution in [-0.4, -0.2) is 9.39 Å². The summed E-state index contributed by atoms with van der Waals surface area (Å²) in [7, 11) is 0. The summed E-state index contributed by atoms with van der Waals surface area (Å²) >= 11 is 5.76. The molecule has 0 N–H and O–H groups in total. The van der Waals surface area contributed by atoms with Gasteiger partial charge in [-0.1, -0.05) is 0 Å². The minimum absolute atomic E-state index is 0.167. The molecule has 0 fully saturated rings. The van der Waals surface area contributed by atoms with Gasteiger partial charge in [-0.25, -0.2) is 0 Å². The summed E-state index contributed by atoms with van der Waals surface area (Å²) in [4.78, 5) is 22.1. The average Bonchev–Trinajstić information content (AvgIpc) is 2.40. The maximum atomic E-state index is 11.1. The number of ether oxygens (including phenoxy) is 1. The molecule has 0 unspecified atom stereocenters. The second-order valence-electron chi connectivity index (χ2n) is 3.70. The van der Waals surface area contributed by atoms with Crippen molar-refractivity contribution in [3.05, 3.63) is 59.7 Å². The lowest BCUT2D eigenvalue weighted by Gasteiger charge is -2.06. The van der Waals surface area contributed by atoms with Gasteiger partial charge in [-0.3, -0.25) is 9.59 Å². The van der Waals surface area contributed by atoms with Crippen LogP contribution in [0, 0.1) is 0 Å². The maximum Gasteiger partial charge on any atom is 0.228 e. The Bertz CT molecular complexity index is 548. The lowest BCUT2D eigenvalue weighted by atomic mass is 10.2. The molecule has 0 aliphatic rings. The Hall–Kier alpha value is -1.46. The summed E-state index contributed by atoms with van der Waals surface area (Å²) in [5.74, 6) is 1.24. The van der Waals surface area contributed by atoms with Gasteiger partial charge in [-0.05, 0) is 80.4 Å². The number of hydrogen-bond acceptors (Lipinski definition) is 3. The lowest BCUT2D eigenvalue weighted by Crippen LogP contribution is -1.90. The standard InChI is InChI=1S/C14H8Br2O3/c15-13(17)9-1-5-11(6-2-9)19-12-7-3-10(4-8-12)14(16)18/h1-8H. The summed E-state index contributed by atoms with van der Waals surface area (Å²) in [6.45, 7) is 0. The molecule has 0 aromatic heterocycles. The molecule has 96 valence electrons. The van der Waals surface area contributed by atoms with E-state index in [1.165, 1.54) is 0 Å². The van der Waals surface area contributed by atoms with E-state index in [1.54, 1.807) is 48.5 Å². The number of halogens is 2. The monoisotopic (exact) mass is 382 g/mol. The fourth-order valence-electron chi connectivity index (χ4n) is 1.44. The maximum absolute atomic E-state index is 11.1. The highest BCUT2D eigenvalue weighted by Gasteiger charge is 2.04. The largest absolute Gasteiger partial charge is 0.457 e. The van der Waals surface area contributed by atoms with Crippen LogP contribution in [0.4, 0.5) is 0 Å². The molecule has 5 heteroatoms. The third kappa shape index (κ3) is 3.75. The normalized spacial score (nSPS) is 10.0. The first-order valence-corrected chi connectivity index (χ1v) is 6.92. The van der Waals surface area contributed by atoms with E-state index in [2.05, 4.69) is 31.9 Å². The molecule has 0 spiro atoms. The molecule has 2 aromatic carbocycles. The molecule has 0 saturated heterocycles. The third-order valence-corrected chi connectivity index (χ3v) is 3.31. The quantitative estimate of drug-likeness (QED) is 0.727. The smallest absolute Gasteiger partial charge is 0.228 e. The van der Waals surface area contributed by atoms with Gasteiger partial charge in [0.2, 0.25) is 9.39 Å². The van der Waals surface area contributed by atoms with Crippen LogP contribution >= 0.6 is 31.9 Å². The molecule has 2 rings (SSSR count). The Kier molecular flexibility index (Phi) is 4.50. The van der Waals surface area contributed by atoms with Crippen LogP contribution in [0.25, 0.3) is 0 Å². The van der Waals surface area contributed by atoms with Crippen LogP contribution in [0.1, 0.15) is 20.7 Å². The van der Waals surface area contributed by atoms with Gasteiger partial charge in [-0.15, -0.1) is 0 Å². The van der Waals surface area contributed by atoms with Gasteiger partial charge >= 0.3 is 0 Å². The average molecular weight is 384 g/mol. The summed E-state index contributed by atoms with van der Waals surface area (Å²) in [5, 5.41) is 0. The zero-order chi connectivity index (χ0) is 13.8. The number of benzene rings is 2. The summed E-state index contributed by atoms with van der Waals surface area (Å²) in [5.41, 5.74) is 1.13. The molecule has 0 saturated carbocycles. The summed E-state index contributed by atoms with van der Waals surface area (Å²) < 4.78 is 5.26. The molecular formula is C14H8Br2O3. The third-order valence-electron chi connectivity index (χ3n) is 2.40. The number of carbonyl (C=O) groups excluding carboxylic acids is 2. The van der Waals surface area contributed by atoms with Crippen LogP contribution in [0.15, 0.2) is 48.5 Å². The second-order valence-corrected chi connectivity index (χ2v) is 5.14. The lowest BCUT2D eigenvalue weighted by molar-refractivity contribution is 0.108. The van der Waals surface area contributed by atoms with Crippen molar-refractivity contribution < 1.29 is 14.3 Å². The highest BCUT2D eigenvalue weighted by molar-refractivity contribution is 9.18. The molecule has 3 nitrogen and oxygen atoms in total. The van der Waals surface area contributed by atoms with Gasteiger partial charge in [0.15, 0.2) is 0 Å². The van der Waals surface area contributed by atoms with Crippen molar-refractivity contribution in [2.45, 2.75) is 0 Å². The van der Waals surface area contributed by atoms with Crippen LogP contribution in [0.2, 0.25) is 0 Å². The van der Waals surface area contributed by atoms with Crippen LogP contribution in [-0.2, 0) is 0 Å². The second kappa shape index (κ2) is 6.12. The zero-order valence-corrected chi connectivity index (χ0v) is 12.8. The van der Waals surface area contributed by atoms with E-state index in [0.29, 0.717) is 22.6 Å². The van der Waals surface area contributed by atoms with Crippen LogP contribution < -0.4 is 4.74 Å². The SMILES string of the molecule is O=C(Br)c1ccc(Oc2ccc(C(=O)Br)cc2)cc1. The number of carbonyl (C=O) groups is 2. The minimum atomic E-state index is -0.167. The van der Waals surface area contributed by atoms with Gasteiger partial charge in [0.05, 0.1) is 0 Å². The molecule has 0 aliphatic carbocycles.